The molecule has 2 aliphatic rings. The Morgan fingerprint density at radius 2 is 0.688 bits per heavy atom. The Morgan fingerprint density at radius 3 is 0.906 bits per heavy atom. The molecule has 19 heteroatoms. The highest BCUT2D eigenvalue weighted by molar-refractivity contribution is 5.98. The van der Waals surface area contributed by atoms with Crippen LogP contribution >= 0.6 is 0 Å². The quantitative estimate of drug-likeness (QED) is 0.437. The number of nitrogens with two attached hydrogens (primary N) is 2. The number of hydrogen-bond acceptors (Lipinski definition) is 3. The normalized spacial score (nSPS) is 45.8. The third-order valence-corrected chi connectivity index (χ3v) is 5.41. The van der Waals surface area contributed by atoms with Crippen LogP contribution < -0.4 is 11.5 Å². The minimum absolute atomic E-state index is 3.74. The fraction of sp³-hybridized carbons (Fsp3) is 0.923. The molecule has 2 saturated carbocycles. The summed E-state index contributed by atoms with van der Waals surface area (Å²) in [6.07, 6.45) is -7.95. The summed E-state index contributed by atoms with van der Waals surface area (Å²) in [7, 11) is 0. The van der Waals surface area contributed by atoms with Gasteiger partial charge in [0, 0.05) is 0 Å². The molecule has 0 amide bonds. The Morgan fingerprint density at radius 1 is 0.469 bits per heavy atom. The van der Waals surface area contributed by atoms with Gasteiger partial charge in [-0.3, -0.25) is 16.3 Å². The topological polar surface area (TPSA) is 69.1 Å². The zero-order chi connectivity index (χ0) is 26.0. The summed E-state index contributed by atoms with van der Waals surface area (Å²) in [5.74, 6) is -58.8. The summed E-state index contributed by atoms with van der Waals surface area (Å²) >= 11 is 0. The molecule has 0 radical (unpaired) electrons. The van der Waals surface area contributed by atoms with Gasteiger partial charge in [-0.25, -0.2) is 35.1 Å². The van der Waals surface area contributed by atoms with E-state index in [0.29, 0.717) is 0 Å². The van der Waals surface area contributed by atoms with Gasteiger partial charge in [0.15, 0.2) is 0 Å². The number of carbonyl (C=O) groups is 1. The monoisotopic (exact) mass is 512 g/mol. The van der Waals surface area contributed by atoms with Crippen LogP contribution in [0.3, 0.4) is 0 Å². The van der Waals surface area contributed by atoms with Crippen LogP contribution in [0.15, 0.2) is 0 Å². The van der Waals surface area contributed by atoms with E-state index >= 15 is 0 Å². The molecule has 4 atom stereocenters. The lowest BCUT2D eigenvalue weighted by molar-refractivity contribution is -0.398. The van der Waals surface area contributed by atoms with Crippen molar-refractivity contribution in [3.05, 3.63) is 0 Å². The average Bonchev–Trinajstić information content (AvgIpc) is 2.56. The van der Waals surface area contributed by atoms with Crippen molar-refractivity contribution in [3.63, 3.8) is 0 Å². The number of rotatable bonds is 2. The number of carbonyl (C=O) groups excluding carboxylic acids is 1. The summed E-state index contributed by atoms with van der Waals surface area (Å²) in [5.41, 5.74) is -5.98. The molecule has 0 aliphatic heterocycles. The Bertz CT molecular complexity index is 772. The van der Waals surface area contributed by atoms with Crippen LogP contribution in [-0.4, -0.2) is 64.2 Å². The van der Waals surface area contributed by atoms with Gasteiger partial charge in [0.1, 0.15) is 0 Å². The lowest BCUT2D eigenvalue weighted by Crippen LogP contribution is -2.85. The van der Waals surface area contributed by atoms with Crippen molar-refractivity contribution in [3.8, 4) is 0 Å². The molecule has 188 valence electrons. The second-order valence-electron chi connectivity index (χ2n) is 7.42. The first kappa shape index (κ1) is 26.7. The van der Waals surface area contributed by atoms with E-state index in [2.05, 4.69) is 11.5 Å². The molecule has 0 saturated heterocycles. The van der Waals surface area contributed by atoms with Gasteiger partial charge < -0.3 is 0 Å². The average molecular weight is 512 g/mol. The predicted molar refractivity (Wildman–Crippen MR) is 67.7 cm³/mol. The molecule has 0 aromatic rings. The number of Topliss-reactive ketones (excluding diaryl/α,β-unsaturated/α-hetero) is 1. The van der Waals surface area contributed by atoms with E-state index in [1.165, 1.54) is 0 Å². The molecular formula is C13H8F16N2O. The number of ketones is 1. The number of halogens is 16. The van der Waals surface area contributed by atoms with E-state index in [9.17, 15) is 75.0 Å². The first-order chi connectivity index (χ1) is 13.6. The molecule has 0 bridgehead atoms. The van der Waals surface area contributed by atoms with Crippen LogP contribution in [0.4, 0.5) is 70.2 Å². The third kappa shape index (κ3) is 2.41. The van der Waals surface area contributed by atoms with E-state index < -0.39 is 77.1 Å². The molecule has 0 aromatic heterocycles. The third-order valence-electron chi connectivity index (χ3n) is 5.41. The Hall–Kier alpha value is -1.53. The van der Waals surface area contributed by atoms with Crippen molar-refractivity contribution in [2.45, 2.75) is 71.3 Å². The Labute approximate surface area is 165 Å². The summed E-state index contributed by atoms with van der Waals surface area (Å²) in [6, 6.07) is 0. The van der Waals surface area contributed by atoms with Crippen LogP contribution in [0.25, 0.3) is 0 Å². The molecular weight excluding hydrogens is 504 g/mol. The van der Waals surface area contributed by atoms with Crippen LogP contribution in [0.1, 0.15) is 12.8 Å². The molecule has 32 heavy (non-hydrogen) atoms. The second kappa shape index (κ2) is 5.93. The molecule has 3 nitrogen and oxygen atoms in total. The first-order valence-corrected chi connectivity index (χ1v) is 7.72. The van der Waals surface area contributed by atoms with Gasteiger partial charge in [-0.05, 0) is 0 Å². The maximum Gasteiger partial charge on any atom is 0.366 e. The van der Waals surface area contributed by atoms with Crippen molar-refractivity contribution in [2.24, 2.45) is 11.5 Å². The highest BCUT2D eigenvalue weighted by atomic mass is 19.3. The second-order valence-corrected chi connectivity index (χ2v) is 7.42. The van der Waals surface area contributed by atoms with Crippen LogP contribution in [0.5, 0.6) is 0 Å². The molecule has 2 rings (SSSR count). The lowest BCUT2D eigenvalue weighted by Gasteiger charge is -2.54. The van der Waals surface area contributed by atoms with Crippen LogP contribution in [0, 0.1) is 0 Å². The largest absolute Gasteiger partial charge is 0.366 e. The maximum atomic E-state index is 14.7. The van der Waals surface area contributed by atoms with Crippen molar-refractivity contribution in [1.29, 1.82) is 0 Å². The standard InChI is InChI=1S/C13H8F16N2O/c14-4(1-6(16,17)12(28,30)10(24,25)8(4,20)21)3(32)5(15)2-7(18,19)13(29,31)11(26,27)9(5,22)23/h1-2,30-31H2. The summed E-state index contributed by atoms with van der Waals surface area (Å²) in [5, 5.41) is 0. The molecule has 4 N–H and O–H groups in total. The smallest absolute Gasteiger partial charge is 0.292 e. The van der Waals surface area contributed by atoms with E-state index in [1.807, 2.05) is 0 Å². The maximum absolute atomic E-state index is 14.7. The summed E-state index contributed by atoms with van der Waals surface area (Å²) in [4.78, 5) is 11.8. The van der Waals surface area contributed by atoms with Crippen LogP contribution in [0.2, 0.25) is 0 Å². The van der Waals surface area contributed by atoms with E-state index in [4.69, 9.17) is 0 Å². The van der Waals surface area contributed by atoms with Gasteiger partial charge in [0.05, 0.1) is 12.8 Å². The molecule has 2 aliphatic carbocycles. The van der Waals surface area contributed by atoms with Gasteiger partial charge in [0.25, 0.3) is 11.6 Å². The highest BCUT2D eigenvalue weighted by Gasteiger charge is 2.96. The fourth-order valence-corrected chi connectivity index (χ4v) is 3.26. The number of alkyl halides is 16. The molecule has 0 spiro atoms. The minimum Gasteiger partial charge on any atom is -0.292 e. The van der Waals surface area contributed by atoms with Gasteiger partial charge >= 0.3 is 35.5 Å². The fourth-order valence-electron chi connectivity index (χ4n) is 3.26. The minimum atomic E-state index is -7.30. The summed E-state index contributed by atoms with van der Waals surface area (Å²) < 4.78 is 221. The van der Waals surface area contributed by atoms with Crippen LogP contribution in [-0.2, 0) is 4.79 Å². The Kier molecular flexibility index (Phi) is 4.95. The van der Waals surface area contributed by atoms with Gasteiger partial charge in [-0.1, -0.05) is 0 Å². The van der Waals surface area contributed by atoms with Gasteiger partial charge in [-0.2, -0.15) is 35.1 Å². The predicted octanol–water partition coefficient (Wildman–Crippen LogP) is 3.84. The van der Waals surface area contributed by atoms with Gasteiger partial charge in [-0.15, -0.1) is 0 Å². The molecule has 4 unspecified atom stereocenters. The van der Waals surface area contributed by atoms with E-state index in [0.717, 1.165) is 0 Å². The van der Waals surface area contributed by atoms with Crippen molar-refractivity contribution in [1.82, 2.24) is 0 Å². The van der Waals surface area contributed by atoms with Gasteiger partial charge in [0.2, 0.25) is 17.1 Å². The summed E-state index contributed by atoms with van der Waals surface area (Å²) in [6.45, 7) is 0. The highest BCUT2D eigenvalue weighted by Crippen LogP contribution is 2.67. The lowest BCUT2D eigenvalue weighted by atomic mass is 9.63. The Balaban J connectivity index is 2.82. The SMILES string of the molecule is NC1(F)C(F)(F)CC(F)(C(=O)C2(F)CC(F)(F)C(N)(F)C(F)(F)C2(F)F)C(F)(F)C1(F)F. The van der Waals surface area contributed by atoms with Crippen molar-refractivity contribution < 1.29 is 75.0 Å². The first-order valence-electron chi connectivity index (χ1n) is 7.72. The van der Waals surface area contributed by atoms with Crippen molar-refractivity contribution >= 4 is 5.78 Å². The molecule has 0 aromatic carbocycles. The van der Waals surface area contributed by atoms with Crippen molar-refractivity contribution in [2.75, 3.05) is 0 Å². The zero-order valence-corrected chi connectivity index (χ0v) is 14.5. The number of hydrogen-bond donors (Lipinski definition) is 2. The van der Waals surface area contributed by atoms with E-state index in [1.54, 1.807) is 0 Å². The molecule has 2 fully saturated rings. The van der Waals surface area contributed by atoms with E-state index in [-0.39, 0.29) is 0 Å². The zero-order valence-electron chi connectivity index (χ0n) is 14.5. The molecule has 0 heterocycles.